The Morgan fingerprint density at radius 3 is 2.58 bits per heavy atom. The average Bonchev–Trinajstić information content (AvgIpc) is 2.44. The van der Waals surface area contributed by atoms with Crippen molar-refractivity contribution in [1.82, 2.24) is 4.90 Å². The lowest BCUT2D eigenvalue weighted by atomic mass is 9.92. The first-order chi connectivity index (χ1) is 8.71. The molecule has 3 atom stereocenters. The number of aliphatic hydroxyl groups excluding tert-OH is 1. The number of β-lactam (4-membered cyclic amide) rings is 1. The molecule has 2 rings (SSSR count). The first-order valence-corrected chi connectivity index (χ1v) is 7.69. The summed E-state index contributed by atoms with van der Waals surface area (Å²) in [4.78, 5) is 24.7. The van der Waals surface area contributed by atoms with Gasteiger partial charge in [0.1, 0.15) is 11.4 Å². The van der Waals surface area contributed by atoms with E-state index in [-0.39, 0.29) is 0 Å². The van der Waals surface area contributed by atoms with Crippen LogP contribution in [0.5, 0.6) is 0 Å². The maximum Gasteiger partial charge on any atom is 0.331 e. The normalized spacial score (nSPS) is 34.6. The lowest BCUT2D eigenvalue weighted by molar-refractivity contribution is -0.167. The number of ether oxygens (including phenoxy) is 1. The molecule has 0 aromatic heterocycles. The minimum absolute atomic E-state index is 0.415. The maximum absolute atomic E-state index is 12.4. The van der Waals surface area contributed by atoms with E-state index in [1.807, 2.05) is 0 Å². The van der Waals surface area contributed by atoms with Crippen LogP contribution in [-0.2, 0) is 24.2 Å². The average molecular weight is 312 g/mol. The van der Waals surface area contributed by atoms with Crippen LogP contribution in [0, 0.1) is 5.92 Å². The number of hydrogen-bond acceptors (Lipinski definition) is 6. The molecule has 0 spiro atoms. The smallest absolute Gasteiger partial charge is 0.331 e. The number of halogens is 1. The van der Waals surface area contributed by atoms with Gasteiger partial charge in [-0.15, -0.1) is 0 Å². The first kappa shape index (κ1) is 14.5. The second-order valence-electron chi connectivity index (χ2n) is 5.05. The van der Waals surface area contributed by atoms with Crippen molar-refractivity contribution in [3.8, 4) is 0 Å². The Bertz CT molecular complexity index is 530. The molecule has 2 saturated heterocycles. The van der Waals surface area contributed by atoms with Crippen LogP contribution in [0.3, 0.4) is 0 Å². The third-order valence-corrected chi connectivity index (χ3v) is 6.79. The fraction of sp³-hybridized carbons (Fsp3) is 0.800. The molecule has 2 heterocycles. The van der Waals surface area contributed by atoms with Gasteiger partial charge in [0.2, 0.25) is 5.91 Å². The van der Waals surface area contributed by atoms with Gasteiger partial charge in [-0.3, -0.25) is 4.79 Å². The summed E-state index contributed by atoms with van der Waals surface area (Å²) in [7, 11) is -3.77. The highest BCUT2D eigenvalue weighted by Gasteiger charge is 2.72. The van der Waals surface area contributed by atoms with Gasteiger partial charge in [-0.1, -0.05) is 11.6 Å². The summed E-state index contributed by atoms with van der Waals surface area (Å²) in [6.45, 7) is 2.16. The molecular formula is C10H14ClNO6S. The fourth-order valence-electron chi connectivity index (χ4n) is 2.69. The molecule has 0 aromatic rings. The molecule has 2 aliphatic heterocycles. The molecule has 1 N–H and O–H groups in total. The minimum atomic E-state index is -3.77. The van der Waals surface area contributed by atoms with Gasteiger partial charge in [-0.25, -0.2) is 13.2 Å². The van der Waals surface area contributed by atoms with Crippen LogP contribution >= 0.6 is 11.6 Å². The topological polar surface area (TPSA) is 101 Å². The van der Waals surface area contributed by atoms with Crippen molar-refractivity contribution in [2.24, 2.45) is 5.92 Å². The van der Waals surface area contributed by atoms with Gasteiger partial charge in [0.15, 0.2) is 15.9 Å². The van der Waals surface area contributed by atoms with E-state index in [1.54, 1.807) is 0 Å². The number of esters is 1. The monoisotopic (exact) mass is 311 g/mol. The molecule has 7 nitrogen and oxygen atoms in total. The van der Waals surface area contributed by atoms with Gasteiger partial charge in [-0.05, 0) is 13.8 Å². The van der Waals surface area contributed by atoms with E-state index in [1.165, 1.54) is 13.8 Å². The Hall–Kier alpha value is -0.860. The van der Waals surface area contributed by atoms with Crippen molar-refractivity contribution >= 4 is 33.3 Å². The maximum atomic E-state index is 12.4. The Morgan fingerprint density at radius 1 is 1.53 bits per heavy atom. The summed E-state index contributed by atoms with van der Waals surface area (Å²) in [5.41, 5.74) is 0. The van der Waals surface area contributed by atoms with Crippen LogP contribution in [0.15, 0.2) is 0 Å². The number of carbonyl (C=O) groups excluding carboxylic acids is 2. The Kier molecular flexibility index (Phi) is 3.31. The summed E-state index contributed by atoms with van der Waals surface area (Å²) in [6.07, 6.45) is 0. The summed E-state index contributed by atoms with van der Waals surface area (Å²) >= 11 is 5.30. The van der Waals surface area contributed by atoms with Crippen molar-refractivity contribution in [2.45, 2.75) is 30.0 Å². The Balaban J connectivity index is 2.47. The third-order valence-electron chi connectivity index (χ3n) is 3.79. The van der Waals surface area contributed by atoms with E-state index in [0.29, 0.717) is 0 Å². The highest BCUT2D eigenvalue weighted by molar-refractivity contribution is 7.93. The van der Waals surface area contributed by atoms with E-state index in [0.717, 1.165) is 4.90 Å². The van der Waals surface area contributed by atoms with Crippen LogP contribution < -0.4 is 0 Å². The van der Waals surface area contributed by atoms with E-state index >= 15 is 0 Å². The molecular weight excluding hydrogens is 298 g/mol. The standard InChI is InChI=1S/C10H14ClNO6S/c1-10(2)6(9(15)18-4-11)12-7(14)5(3-13)8(12)19(10,16)17/h5-6,8,13H,3-4H2,1-2H3/t5-,6+,8-/m1/s1. The SMILES string of the molecule is CC1(C)[C@H](C(=O)OCCl)N2C(=O)[C@@H](CO)[C@H]2S1(=O)=O. The van der Waals surface area contributed by atoms with E-state index in [2.05, 4.69) is 4.74 Å². The van der Waals surface area contributed by atoms with Gasteiger partial charge in [0.25, 0.3) is 0 Å². The number of fused-ring (bicyclic) bond motifs is 1. The highest BCUT2D eigenvalue weighted by Crippen LogP contribution is 2.48. The minimum Gasteiger partial charge on any atom is -0.448 e. The van der Waals surface area contributed by atoms with Crippen LogP contribution in [0.1, 0.15) is 13.8 Å². The molecule has 1 amide bonds. The molecule has 0 saturated carbocycles. The number of rotatable bonds is 3. The van der Waals surface area contributed by atoms with Gasteiger partial charge >= 0.3 is 5.97 Å². The Labute approximate surface area is 115 Å². The predicted octanol–water partition coefficient (Wildman–Crippen LogP) is -0.922. The third kappa shape index (κ3) is 1.63. The zero-order valence-corrected chi connectivity index (χ0v) is 11.9. The van der Waals surface area contributed by atoms with Gasteiger partial charge in [0, 0.05) is 0 Å². The van der Waals surface area contributed by atoms with Crippen molar-refractivity contribution in [3.05, 3.63) is 0 Å². The van der Waals surface area contributed by atoms with Crippen molar-refractivity contribution < 1.29 is 27.9 Å². The molecule has 0 bridgehead atoms. The lowest BCUT2D eigenvalue weighted by Gasteiger charge is -2.42. The quantitative estimate of drug-likeness (QED) is 0.411. The van der Waals surface area contributed by atoms with Gasteiger partial charge in [0.05, 0.1) is 17.3 Å². The van der Waals surface area contributed by atoms with Crippen molar-refractivity contribution in [3.63, 3.8) is 0 Å². The summed E-state index contributed by atoms with van der Waals surface area (Å²) in [5.74, 6) is -2.41. The summed E-state index contributed by atoms with van der Waals surface area (Å²) in [6, 6.07) is -1.64. The zero-order chi connectivity index (χ0) is 14.6. The number of aliphatic hydroxyl groups is 1. The predicted molar refractivity (Wildman–Crippen MR) is 64.8 cm³/mol. The van der Waals surface area contributed by atoms with Crippen LogP contribution in [0.25, 0.3) is 0 Å². The second-order valence-corrected chi connectivity index (χ2v) is 7.89. The number of alkyl halides is 1. The Morgan fingerprint density at radius 2 is 2.11 bits per heavy atom. The molecule has 108 valence electrons. The molecule has 19 heavy (non-hydrogen) atoms. The summed E-state index contributed by atoms with van der Waals surface area (Å²) in [5, 5.41) is 7.93. The molecule has 2 aliphatic rings. The van der Waals surface area contributed by atoms with Crippen LogP contribution in [0.4, 0.5) is 0 Å². The molecule has 9 heteroatoms. The van der Waals surface area contributed by atoms with Crippen LogP contribution in [0.2, 0.25) is 0 Å². The molecule has 0 aromatic carbocycles. The van der Waals surface area contributed by atoms with E-state index in [4.69, 9.17) is 16.7 Å². The largest absolute Gasteiger partial charge is 0.448 e. The highest BCUT2D eigenvalue weighted by atomic mass is 35.5. The first-order valence-electron chi connectivity index (χ1n) is 5.61. The second kappa shape index (κ2) is 4.32. The number of nitrogens with zero attached hydrogens (tertiary/aromatic N) is 1. The van der Waals surface area contributed by atoms with Gasteiger partial charge < -0.3 is 14.7 Å². The molecule has 2 fully saturated rings. The van der Waals surface area contributed by atoms with E-state index in [9.17, 15) is 18.0 Å². The zero-order valence-electron chi connectivity index (χ0n) is 10.4. The molecule has 0 unspecified atom stereocenters. The fourth-order valence-corrected chi connectivity index (χ4v) is 5.10. The van der Waals surface area contributed by atoms with Crippen molar-refractivity contribution in [1.29, 1.82) is 0 Å². The number of amides is 1. The number of hydrogen-bond donors (Lipinski definition) is 1. The molecule has 0 aliphatic carbocycles. The number of sulfone groups is 1. The van der Waals surface area contributed by atoms with Crippen LogP contribution in [-0.4, -0.2) is 59.1 Å². The lowest BCUT2D eigenvalue weighted by Crippen LogP contribution is -2.64. The summed E-state index contributed by atoms with van der Waals surface area (Å²) < 4.78 is 27.9. The molecule has 0 radical (unpaired) electrons. The number of carbonyl (C=O) groups is 2. The van der Waals surface area contributed by atoms with Crippen molar-refractivity contribution in [2.75, 3.05) is 12.7 Å². The van der Waals surface area contributed by atoms with E-state index < -0.39 is 56.5 Å². The van der Waals surface area contributed by atoms with Gasteiger partial charge in [-0.2, -0.15) is 0 Å².